The summed E-state index contributed by atoms with van der Waals surface area (Å²) in [6.45, 7) is 2.56. The number of carbonyl (C=O) groups excluding carboxylic acids is 1. The molecule has 0 unspecified atom stereocenters. The molecule has 0 spiro atoms. The number of hydrogen-bond donors (Lipinski definition) is 1. The van der Waals surface area contributed by atoms with E-state index in [2.05, 4.69) is 22.8 Å². The maximum Gasteiger partial charge on any atom is 0.310 e. The van der Waals surface area contributed by atoms with Gasteiger partial charge in [0.25, 0.3) is 0 Å². The molecule has 0 saturated heterocycles. The first kappa shape index (κ1) is 26.2. The fourth-order valence-electron chi connectivity index (χ4n) is 4.95. The molecule has 5 nitrogen and oxygen atoms in total. The second-order valence-corrected chi connectivity index (χ2v) is 9.41. The van der Waals surface area contributed by atoms with Crippen LogP contribution < -0.4 is 10.5 Å². The van der Waals surface area contributed by atoms with E-state index in [1.54, 1.807) is 19.1 Å². The Kier molecular flexibility index (Phi) is 7.75. The lowest BCUT2D eigenvalue weighted by molar-refractivity contribution is -0.142. The summed E-state index contributed by atoms with van der Waals surface area (Å²) in [5, 5.41) is 1.06. The van der Waals surface area contributed by atoms with Crippen LogP contribution in [0.3, 0.4) is 0 Å². The van der Waals surface area contributed by atoms with Gasteiger partial charge in [0.2, 0.25) is 0 Å². The number of ether oxygens (including phenoxy) is 2. The van der Waals surface area contributed by atoms with Crippen molar-refractivity contribution in [1.29, 1.82) is 0 Å². The van der Waals surface area contributed by atoms with Gasteiger partial charge >= 0.3 is 5.97 Å². The van der Waals surface area contributed by atoms with Gasteiger partial charge < -0.3 is 19.8 Å². The molecular formula is C33H31FN2O3. The predicted molar refractivity (Wildman–Crippen MR) is 153 cm³/mol. The van der Waals surface area contributed by atoms with Gasteiger partial charge in [0.15, 0.2) is 0 Å². The predicted octanol–water partition coefficient (Wildman–Crippen LogP) is 6.79. The molecule has 0 radical (unpaired) electrons. The van der Waals surface area contributed by atoms with Crippen LogP contribution in [0.1, 0.15) is 23.6 Å². The number of halogens is 1. The Labute approximate surface area is 227 Å². The summed E-state index contributed by atoms with van der Waals surface area (Å²) >= 11 is 0. The van der Waals surface area contributed by atoms with E-state index in [1.807, 2.05) is 67.8 Å². The van der Waals surface area contributed by atoms with Crippen LogP contribution in [0.5, 0.6) is 5.75 Å². The van der Waals surface area contributed by atoms with Crippen molar-refractivity contribution >= 4 is 16.9 Å². The van der Waals surface area contributed by atoms with Crippen LogP contribution in [-0.2, 0) is 36.2 Å². The smallest absolute Gasteiger partial charge is 0.310 e. The fraction of sp³-hybridized carbons (Fsp3) is 0.182. The van der Waals surface area contributed by atoms with E-state index < -0.39 is 0 Å². The van der Waals surface area contributed by atoms with Crippen LogP contribution in [0.2, 0.25) is 0 Å². The highest BCUT2D eigenvalue weighted by atomic mass is 19.1. The highest BCUT2D eigenvalue weighted by Gasteiger charge is 2.17. The number of hydrogen-bond acceptors (Lipinski definition) is 4. The third kappa shape index (κ3) is 5.42. The maximum atomic E-state index is 15.4. The van der Waals surface area contributed by atoms with Crippen LogP contribution in [0.25, 0.3) is 33.2 Å². The van der Waals surface area contributed by atoms with Crippen molar-refractivity contribution in [2.75, 3.05) is 6.61 Å². The molecule has 0 saturated carbocycles. The van der Waals surface area contributed by atoms with Crippen molar-refractivity contribution in [1.82, 2.24) is 4.57 Å². The Bertz CT molecular complexity index is 1640. The van der Waals surface area contributed by atoms with Crippen molar-refractivity contribution in [3.8, 4) is 28.0 Å². The van der Waals surface area contributed by atoms with E-state index in [9.17, 15) is 4.79 Å². The van der Waals surface area contributed by atoms with Crippen molar-refractivity contribution in [2.45, 2.75) is 26.5 Å². The van der Waals surface area contributed by atoms with Gasteiger partial charge in [0.1, 0.15) is 18.2 Å². The van der Waals surface area contributed by atoms with E-state index in [4.69, 9.17) is 15.2 Å². The van der Waals surface area contributed by atoms with Gasteiger partial charge in [-0.2, -0.15) is 0 Å². The van der Waals surface area contributed by atoms with Gasteiger partial charge in [-0.15, -0.1) is 0 Å². The number of esters is 1. The second-order valence-electron chi connectivity index (χ2n) is 9.41. The lowest BCUT2D eigenvalue weighted by atomic mass is 9.91. The SMILES string of the molecule is CCOC(=O)Cc1ccccc1OCc1cc(-c2ccccc2-c2cccc(CN)c2F)c2ccn(C)c2c1. The number of carbonyl (C=O) groups is 1. The molecule has 2 N–H and O–H groups in total. The summed E-state index contributed by atoms with van der Waals surface area (Å²) in [6.07, 6.45) is 2.17. The van der Waals surface area contributed by atoms with E-state index in [0.29, 0.717) is 30.1 Å². The molecule has 39 heavy (non-hydrogen) atoms. The minimum atomic E-state index is -0.297. The quantitative estimate of drug-likeness (QED) is 0.216. The van der Waals surface area contributed by atoms with Crippen molar-refractivity contribution in [3.63, 3.8) is 0 Å². The Balaban J connectivity index is 1.55. The third-order valence-electron chi connectivity index (χ3n) is 6.88. The molecule has 5 aromatic rings. The number of aryl methyl sites for hydroxylation is 1. The molecule has 0 amide bonds. The molecule has 4 aromatic carbocycles. The van der Waals surface area contributed by atoms with Crippen molar-refractivity contribution in [3.05, 3.63) is 114 Å². The van der Waals surface area contributed by atoms with Crippen LogP contribution in [-0.4, -0.2) is 17.1 Å². The lowest BCUT2D eigenvalue weighted by Crippen LogP contribution is -2.09. The Morgan fingerprint density at radius 3 is 2.33 bits per heavy atom. The number of rotatable bonds is 9. The first-order valence-electron chi connectivity index (χ1n) is 13.0. The summed E-state index contributed by atoms with van der Waals surface area (Å²) in [7, 11) is 2.00. The van der Waals surface area contributed by atoms with E-state index >= 15 is 4.39 Å². The first-order valence-corrected chi connectivity index (χ1v) is 13.0. The van der Waals surface area contributed by atoms with E-state index in [1.165, 1.54) is 0 Å². The monoisotopic (exact) mass is 522 g/mol. The number of para-hydroxylation sites is 1. The summed E-state index contributed by atoms with van der Waals surface area (Å²) in [4.78, 5) is 12.1. The maximum absolute atomic E-state index is 15.4. The van der Waals surface area contributed by atoms with Crippen LogP contribution in [0.4, 0.5) is 4.39 Å². The first-order chi connectivity index (χ1) is 19.0. The fourth-order valence-corrected chi connectivity index (χ4v) is 4.95. The summed E-state index contributed by atoms with van der Waals surface area (Å²) in [5.41, 5.74) is 12.3. The van der Waals surface area contributed by atoms with Crippen molar-refractivity contribution in [2.24, 2.45) is 12.8 Å². The lowest BCUT2D eigenvalue weighted by Gasteiger charge is -2.16. The third-order valence-corrected chi connectivity index (χ3v) is 6.88. The van der Waals surface area contributed by atoms with Gasteiger partial charge in [-0.3, -0.25) is 4.79 Å². The van der Waals surface area contributed by atoms with Crippen molar-refractivity contribution < 1.29 is 18.7 Å². The van der Waals surface area contributed by atoms with Crippen LogP contribution in [0.15, 0.2) is 91.1 Å². The topological polar surface area (TPSA) is 66.5 Å². The zero-order valence-electron chi connectivity index (χ0n) is 22.1. The zero-order valence-corrected chi connectivity index (χ0v) is 22.1. The van der Waals surface area contributed by atoms with Crippen LogP contribution >= 0.6 is 0 Å². The number of benzene rings is 4. The second kappa shape index (κ2) is 11.5. The van der Waals surface area contributed by atoms with Crippen LogP contribution in [0, 0.1) is 5.82 Å². The Morgan fingerprint density at radius 1 is 0.872 bits per heavy atom. The molecular weight excluding hydrogens is 491 g/mol. The van der Waals surface area contributed by atoms with Gasteiger partial charge in [0, 0.05) is 47.4 Å². The Hall–Kier alpha value is -4.42. The number of aromatic nitrogens is 1. The van der Waals surface area contributed by atoms with E-state index in [-0.39, 0.29) is 24.8 Å². The minimum absolute atomic E-state index is 0.134. The molecule has 0 aliphatic heterocycles. The highest BCUT2D eigenvalue weighted by Crippen LogP contribution is 2.39. The highest BCUT2D eigenvalue weighted by molar-refractivity contribution is 6.00. The summed E-state index contributed by atoms with van der Waals surface area (Å²) < 4.78 is 28.8. The zero-order chi connectivity index (χ0) is 27.4. The molecule has 1 heterocycles. The minimum Gasteiger partial charge on any atom is -0.489 e. The Morgan fingerprint density at radius 2 is 1.56 bits per heavy atom. The molecule has 1 aromatic heterocycles. The number of nitrogens with two attached hydrogens (primary N) is 1. The largest absolute Gasteiger partial charge is 0.489 e. The molecule has 0 aliphatic rings. The molecule has 0 atom stereocenters. The average Bonchev–Trinajstić information content (AvgIpc) is 3.33. The molecule has 198 valence electrons. The number of fused-ring (bicyclic) bond motifs is 1. The molecule has 6 heteroatoms. The standard InChI is InChI=1S/C33H31FN2O3/c1-3-38-32(37)19-23-9-4-7-14-31(23)39-21-22-17-29(27-15-16-36(2)30(27)18-22)26-12-6-5-11-25(26)28-13-8-10-24(20-35)33(28)34/h4-18H,3,19-21,35H2,1-2H3. The van der Waals surface area contributed by atoms with Gasteiger partial charge in [-0.1, -0.05) is 60.7 Å². The molecule has 0 aliphatic carbocycles. The van der Waals surface area contributed by atoms with Gasteiger partial charge in [-0.25, -0.2) is 4.39 Å². The molecule has 5 rings (SSSR count). The summed E-state index contributed by atoms with van der Waals surface area (Å²) in [5.74, 6) is 0.0539. The molecule has 0 fully saturated rings. The molecule has 0 bridgehead atoms. The normalized spacial score (nSPS) is 11.1. The number of nitrogens with zero attached hydrogens (tertiary/aromatic N) is 1. The summed E-state index contributed by atoms with van der Waals surface area (Å²) in [6, 6.07) is 27.0. The average molecular weight is 523 g/mol. The van der Waals surface area contributed by atoms with E-state index in [0.717, 1.165) is 38.7 Å². The van der Waals surface area contributed by atoms with Gasteiger partial charge in [-0.05, 0) is 53.4 Å². The van der Waals surface area contributed by atoms with Gasteiger partial charge in [0.05, 0.1) is 13.0 Å².